The topological polar surface area (TPSA) is 98.9 Å². The van der Waals surface area contributed by atoms with Crippen molar-refractivity contribution in [3.05, 3.63) is 47.2 Å². The molecule has 0 amide bonds. The van der Waals surface area contributed by atoms with Gasteiger partial charge in [-0.15, -0.1) is 0 Å². The summed E-state index contributed by atoms with van der Waals surface area (Å²) in [5.41, 5.74) is 0.650. The molecule has 27 heavy (non-hydrogen) atoms. The molecule has 0 spiro atoms. The van der Waals surface area contributed by atoms with Crippen LogP contribution in [-0.2, 0) is 32.5 Å². The Hall–Kier alpha value is -2.23. The number of methoxy groups -OCH3 is 1. The Morgan fingerprint density at radius 2 is 2.15 bits per heavy atom. The largest absolute Gasteiger partial charge is 0.465 e. The zero-order valence-corrected chi connectivity index (χ0v) is 15.7. The van der Waals surface area contributed by atoms with Crippen molar-refractivity contribution in [2.75, 3.05) is 26.9 Å². The number of carbonyl (C=O) groups excluding carboxylic acids is 1. The number of hydrogen-bond donors (Lipinski definition) is 0. The second kappa shape index (κ2) is 7.06. The number of nitrogens with zero attached hydrogens (tertiary/aromatic N) is 2. The van der Waals surface area contributed by atoms with Gasteiger partial charge in [-0.3, -0.25) is 0 Å². The van der Waals surface area contributed by atoms with Gasteiger partial charge in [0.15, 0.2) is 5.89 Å². The minimum Gasteiger partial charge on any atom is -0.465 e. The summed E-state index contributed by atoms with van der Waals surface area (Å²) in [7, 11) is -2.65. The molecule has 1 fully saturated rings. The molecule has 1 aromatic heterocycles. The molecule has 1 atom stereocenters. The molecular formula is C18H20N2O6S. The molecule has 1 unspecified atom stereocenters. The van der Waals surface area contributed by atoms with Crippen LogP contribution < -0.4 is 0 Å². The van der Waals surface area contributed by atoms with Gasteiger partial charge < -0.3 is 13.9 Å². The van der Waals surface area contributed by atoms with Crippen LogP contribution in [0.3, 0.4) is 0 Å². The van der Waals surface area contributed by atoms with Crippen molar-refractivity contribution < 1.29 is 27.1 Å². The van der Waals surface area contributed by atoms with E-state index in [0.717, 1.165) is 12.2 Å². The van der Waals surface area contributed by atoms with E-state index in [2.05, 4.69) is 4.98 Å². The Morgan fingerprint density at radius 1 is 1.33 bits per heavy atom. The third-order valence-corrected chi connectivity index (χ3v) is 6.80. The normalized spacial score (nSPS) is 20.4. The fraction of sp³-hybridized carbons (Fsp3) is 0.444. The van der Waals surface area contributed by atoms with E-state index in [0.29, 0.717) is 31.2 Å². The summed E-state index contributed by atoms with van der Waals surface area (Å²) in [4.78, 5) is 16.4. The number of rotatable bonds is 4. The molecular weight excluding hydrogens is 372 g/mol. The fourth-order valence-corrected chi connectivity index (χ4v) is 4.99. The number of fused-ring (bicyclic) bond motifs is 1. The maximum Gasteiger partial charge on any atom is 0.339 e. The first-order valence-electron chi connectivity index (χ1n) is 8.74. The van der Waals surface area contributed by atoms with Crippen molar-refractivity contribution in [2.24, 2.45) is 0 Å². The van der Waals surface area contributed by atoms with E-state index in [4.69, 9.17) is 13.9 Å². The van der Waals surface area contributed by atoms with Gasteiger partial charge in [0.25, 0.3) is 0 Å². The zero-order chi connectivity index (χ0) is 19.0. The average molecular weight is 392 g/mol. The minimum atomic E-state index is -3.87. The minimum absolute atomic E-state index is 0.0229. The maximum atomic E-state index is 13.1. The molecule has 2 aliphatic rings. The highest BCUT2D eigenvalue weighted by molar-refractivity contribution is 7.89. The molecule has 144 valence electrons. The second-order valence-corrected chi connectivity index (χ2v) is 8.47. The van der Waals surface area contributed by atoms with Crippen LogP contribution in [0.25, 0.3) is 0 Å². The molecule has 1 saturated heterocycles. The predicted octanol–water partition coefficient (Wildman–Crippen LogP) is 1.71. The summed E-state index contributed by atoms with van der Waals surface area (Å²) in [6.07, 6.45) is 1.30. The summed E-state index contributed by atoms with van der Waals surface area (Å²) in [5.74, 6) is 0.786. The van der Waals surface area contributed by atoms with Gasteiger partial charge in [-0.05, 0) is 18.6 Å². The first-order valence-corrected chi connectivity index (χ1v) is 10.2. The molecule has 2 aromatic rings. The number of esters is 1. The van der Waals surface area contributed by atoms with E-state index in [1.165, 1.54) is 23.5 Å². The molecule has 1 aromatic carbocycles. The fourth-order valence-electron chi connectivity index (χ4n) is 3.41. The first kappa shape index (κ1) is 18.1. The van der Waals surface area contributed by atoms with Gasteiger partial charge in [0.2, 0.25) is 10.0 Å². The van der Waals surface area contributed by atoms with E-state index >= 15 is 0 Å². The van der Waals surface area contributed by atoms with E-state index in [9.17, 15) is 13.2 Å². The number of hydrogen-bond acceptors (Lipinski definition) is 7. The van der Waals surface area contributed by atoms with Crippen molar-refractivity contribution in [3.8, 4) is 0 Å². The summed E-state index contributed by atoms with van der Waals surface area (Å²) in [5, 5.41) is 0. The number of ether oxygens (including phenoxy) is 2. The third-order valence-electron chi connectivity index (χ3n) is 4.90. The van der Waals surface area contributed by atoms with E-state index in [1.54, 1.807) is 12.1 Å². The van der Waals surface area contributed by atoms with E-state index < -0.39 is 16.0 Å². The SMILES string of the molecule is COC(=O)c1ccccc1S(=O)(=O)N1CCc2oc(C3CCOC3)nc2C1. The van der Waals surface area contributed by atoms with Gasteiger partial charge in [-0.25, -0.2) is 18.2 Å². The van der Waals surface area contributed by atoms with Crippen LogP contribution in [0.15, 0.2) is 33.6 Å². The molecule has 0 N–H and O–H groups in total. The first-order chi connectivity index (χ1) is 13.0. The van der Waals surface area contributed by atoms with Gasteiger partial charge in [0.05, 0.1) is 42.3 Å². The summed E-state index contributed by atoms with van der Waals surface area (Å²) < 4.78 is 43.5. The number of sulfonamides is 1. The Labute approximate surface area is 157 Å². The quantitative estimate of drug-likeness (QED) is 0.731. The lowest BCUT2D eigenvalue weighted by atomic mass is 10.1. The van der Waals surface area contributed by atoms with Crippen LogP contribution in [0, 0.1) is 0 Å². The second-order valence-electron chi connectivity index (χ2n) is 6.56. The molecule has 9 heteroatoms. The standard InChI is InChI=1S/C18H20N2O6S/c1-24-18(21)13-4-2-3-5-16(13)27(22,23)20-8-6-15-14(10-20)19-17(26-15)12-7-9-25-11-12/h2-5,12H,6-11H2,1H3. The smallest absolute Gasteiger partial charge is 0.339 e. The molecule has 8 nitrogen and oxygen atoms in total. The number of aromatic nitrogens is 1. The molecule has 4 rings (SSSR count). The van der Waals surface area contributed by atoms with Gasteiger partial charge >= 0.3 is 5.97 Å². The Kier molecular flexibility index (Phi) is 4.75. The zero-order valence-electron chi connectivity index (χ0n) is 14.9. The summed E-state index contributed by atoms with van der Waals surface area (Å²) in [6, 6.07) is 6.06. The molecule has 2 aliphatic heterocycles. The van der Waals surface area contributed by atoms with Crippen LogP contribution in [0.4, 0.5) is 0 Å². The van der Waals surface area contributed by atoms with Crippen LogP contribution in [0.5, 0.6) is 0 Å². The molecule has 3 heterocycles. The molecule has 0 bridgehead atoms. The maximum absolute atomic E-state index is 13.1. The van der Waals surface area contributed by atoms with Gasteiger partial charge in [-0.1, -0.05) is 12.1 Å². The van der Waals surface area contributed by atoms with E-state index in [-0.39, 0.29) is 29.5 Å². The monoisotopic (exact) mass is 392 g/mol. The highest BCUT2D eigenvalue weighted by atomic mass is 32.2. The number of carbonyl (C=O) groups is 1. The van der Waals surface area contributed by atoms with Crippen molar-refractivity contribution >= 4 is 16.0 Å². The summed E-state index contributed by atoms with van der Waals surface area (Å²) in [6.45, 7) is 1.64. The lowest BCUT2D eigenvalue weighted by Gasteiger charge is -2.25. The van der Waals surface area contributed by atoms with Crippen molar-refractivity contribution in [1.29, 1.82) is 0 Å². The molecule has 0 aliphatic carbocycles. The highest BCUT2D eigenvalue weighted by Gasteiger charge is 2.35. The summed E-state index contributed by atoms with van der Waals surface area (Å²) >= 11 is 0. The number of benzene rings is 1. The van der Waals surface area contributed by atoms with Crippen LogP contribution >= 0.6 is 0 Å². The van der Waals surface area contributed by atoms with Crippen molar-refractivity contribution in [3.63, 3.8) is 0 Å². The lowest BCUT2D eigenvalue weighted by molar-refractivity contribution is 0.0596. The van der Waals surface area contributed by atoms with Crippen LogP contribution in [0.1, 0.15) is 40.0 Å². The Morgan fingerprint density at radius 3 is 2.89 bits per heavy atom. The van der Waals surface area contributed by atoms with Crippen molar-refractivity contribution in [1.82, 2.24) is 9.29 Å². The van der Waals surface area contributed by atoms with Crippen LogP contribution in [-0.4, -0.2) is 50.5 Å². The van der Waals surface area contributed by atoms with Crippen molar-refractivity contribution in [2.45, 2.75) is 30.2 Å². The Balaban J connectivity index is 1.62. The van der Waals surface area contributed by atoms with Gasteiger partial charge in [-0.2, -0.15) is 4.31 Å². The lowest BCUT2D eigenvalue weighted by Crippen LogP contribution is -2.36. The highest BCUT2D eigenvalue weighted by Crippen LogP contribution is 2.31. The predicted molar refractivity (Wildman–Crippen MR) is 93.8 cm³/mol. The number of oxazole rings is 1. The third kappa shape index (κ3) is 3.26. The molecule has 0 radical (unpaired) electrons. The average Bonchev–Trinajstić information content (AvgIpc) is 3.36. The Bertz CT molecular complexity index is 962. The van der Waals surface area contributed by atoms with Crippen LogP contribution in [0.2, 0.25) is 0 Å². The van der Waals surface area contributed by atoms with Gasteiger partial charge in [0.1, 0.15) is 5.76 Å². The van der Waals surface area contributed by atoms with E-state index in [1.807, 2.05) is 0 Å². The molecule has 0 saturated carbocycles. The van der Waals surface area contributed by atoms with Gasteiger partial charge in [0, 0.05) is 19.6 Å².